The first-order chi connectivity index (χ1) is 20.3. The normalized spacial score (nSPS) is 11.1. The number of carbonyl (C=O) groups excluding carboxylic acids is 2. The number of amides is 2. The van der Waals surface area contributed by atoms with Crippen LogP contribution < -0.4 is 24.5 Å². The van der Waals surface area contributed by atoms with Crippen LogP contribution in [0.25, 0.3) is 0 Å². The summed E-state index contributed by atoms with van der Waals surface area (Å²) in [6.45, 7) is -0.741. The van der Waals surface area contributed by atoms with Crippen LogP contribution in [-0.4, -0.2) is 46.7 Å². The molecular formula is C30H27ClN4O6S. The van der Waals surface area contributed by atoms with Crippen molar-refractivity contribution in [1.29, 1.82) is 0 Å². The van der Waals surface area contributed by atoms with Gasteiger partial charge in [0.05, 0.1) is 29.6 Å². The van der Waals surface area contributed by atoms with Crippen LogP contribution in [0, 0.1) is 0 Å². The zero-order valence-electron chi connectivity index (χ0n) is 22.4. The van der Waals surface area contributed by atoms with Gasteiger partial charge in [-0.3, -0.25) is 13.9 Å². The van der Waals surface area contributed by atoms with Gasteiger partial charge >= 0.3 is 0 Å². The molecule has 12 heteroatoms. The molecular weight excluding hydrogens is 580 g/mol. The van der Waals surface area contributed by atoms with Gasteiger partial charge in [-0.2, -0.15) is 5.10 Å². The molecule has 10 nitrogen and oxygen atoms in total. The Balaban J connectivity index is 1.34. The molecule has 4 aromatic carbocycles. The molecule has 0 aliphatic heterocycles. The van der Waals surface area contributed by atoms with Gasteiger partial charge in [-0.15, -0.1) is 0 Å². The molecule has 0 heterocycles. The summed E-state index contributed by atoms with van der Waals surface area (Å²) in [5.41, 5.74) is 3.75. The molecule has 0 fully saturated rings. The zero-order valence-corrected chi connectivity index (χ0v) is 24.0. The van der Waals surface area contributed by atoms with Crippen molar-refractivity contribution >= 4 is 51.0 Å². The molecule has 0 radical (unpaired) electrons. The maximum absolute atomic E-state index is 13.3. The Hall–Kier alpha value is -4.87. The lowest BCUT2D eigenvalue weighted by atomic mass is 10.2. The van der Waals surface area contributed by atoms with Crippen molar-refractivity contribution < 1.29 is 27.5 Å². The standard InChI is InChI=1S/C30H27ClN4O6S/c1-40-28-13-6-5-12-27(28)33-30(37)21-41-25-16-14-22(15-17-25)19-32-34-29(36)20-35(24-9-7-8-23(31)18-24)42(38,39)26-10-3-2-4-11-26/h2-19H,20-21H2,1H3,(H,33,37)(H,34,36)/b32-19-. The number of benzene rings is 4. The average molecular weight is 607 g/mol. The summed E-state index contributed by atoms with van der Waals surface area (Å²) in [6, 6.07) is 27.7. The number of nitrogens with zero attached hydrogens (tertiary/aromatic N) is 2. The number of hydrazone groups is 1. The van der Waals surface area contributed by atoms with Crippen molar-refractivity contribution in [2.24, 2.45) is 5.10 Å². The summed E-state index contributed by atoms with van der Waals surface area (Å²) in [5.74, 6) is -0.0214. The van der Waals surface area contributed by atoms with Gasteiger partial charge in [0.25, 0.3) is 21.8 Å². The highest BCUT2D eigenvalue weighted by Crippen LogP contribution is 2.26. The Morgan fingerprint density at radius 1 is 0.905 bits per heavy atom. The molecule has 216 valence electrons. The van der Waals surface area contributed by atoms with E-state index >= 15 is 0 Å². The van der Waals surface area contributed by atoms with Gasteiger partial charge in [0.1, 0.15) is 18.0 Å². The largest absolute Gasteiger partial charge is 0.495 e. The third-order valence-electron chi connectivity index (χ3n) is 5.75. The van der Waals surface area contributed by atoms with Crippen LogP contribution in [0.15, 0.2) is 113 Å². The number of para-hydroxylation sites is 2. The molecule has 0 bridgehead atoms. The number of halogens is 1. The molecule has 4 aromatic rings. The minimum absolute atomic E-state index is 0.0286. The molecule has 0 saturated carbocycles. The first-order valence-electron chi connectivity index (χ1n) is 12.6. The molecule has 42 heavy (non-hydrogen) atoms. The maximum Gasteiger partial charge on any atom is 0.264 e. The fourth-order valence-electron chi connectivity index (χ4n) is 3.74. The lowest BCUT2D eigenvalue weighted by molar-refractivity contribution is -0.119. The molecule has 0 atom stereocenters. The van der Waals surface area contributed by atoms with E-state index in [2.05, 4.69) is 15.8 Å². The first-order valence-corrected chi connectivity index (χ1v) is 14.4. The van der Waals surface area contributed by atoms with E-state index in [9.17, 15) is 18.0 Å². The quantitative estimate of drug-likeness (QED) is 0.178. The van der Waals surface area contributed by atoms with E-state index in [-0.39, 0.29) is 23.1 Å². The van der Waals surface area contributed by atoms with Crippen LogP contribution in [0.5, 0.6) is 11.5 Å². The van der Waals surface area contributed by atoms with Crippen LogP contribution in [0.3, 0.4) is 0 Å². The van der Waals surface area contributed by atoms with E-state index in [0.29, 0.717) is 27.8 Å². The van der Waals surface area contributed by atoms with Gasteiger partial charge in [0.2, 0.25) is 0 Å². The summed E-state index contributed by atoms with van der Waals surface area (Å²) in [6.07, 6.45) is 1.39. The minimum Gasteiger partial charge on any atom is -0.495 e. The number of anilines is 2. The van der Waals surface area contributed by atoms with Gasteiger partial charge in [0, 0.05) is 5.02 Å². The fraction of sp³-hybridized carbons (Fsp3) is 0.100. The van der Waals surface area contributed by atoms with Gasteiger partial charge < -0.3 is 14.8 Å². The van der Waals surface area contributed by atoms with E-state index < -0.39 is 22.5 Å². The van der Waals surface area contributed by atoms with Gasteiger partial charge in [-0.1, -0.05) is 48.0 Å². The number of carbonyl (C=O) groups is 2. The third kappa shape index (κ3) is 8.09. The van der Waals surface area contributed by atoms with Crippen LogP contribution >= 0.6 is 11.6 Å². The first kappa shape index (κ1) is 30.1. The van der Waals surface area contributed by atoms with E-state index in [1.165, 1.54) is 31.5 Å². The Bertz CT molecular complexity index is 1660. The molecule has 0 unspecified atom stereocenters. The molecule has 0 aliphatic rings. The zero-order chi connectivity index (χ0) is 30.0. The number of methoxy groups -OCH3 is 1. The molecule has 0 spiro atoms. The lowest BCUT2D eigenvalue weighted by Gasteiger charge is -2.23. The average Bonchev–Trinajstić information content (AvgIpc) is 3.00. The highest BCUT2D eigenvalue weighted by molar-refractivity contribution is 7.92. The Morgan fingerprint density at radius 2 is 1.62 bits per heavy atom. The third-order valence-corrected chi connectivity index (χ3v) is 7.77. The van der Waals surface area contributed by atoms with Gasteiger partial charge in [0.15, 0.2) is 6.61 Å². The van der Waals surface area contributed by atoms with Crippen molar-refractivity contribution in [2.45, 2.75) is 4.90 Å². The van der Waals surface area contributed by atoms with Gasteiger partial charge in [-0.25, -0.2) is 13.8 Å². The van der Waals surface area contributed by atoms with E-state index in [1.54, 1.807) is 84.9 Å². The van der Waals surface area contributed by atoms with Crippen LogP contribution in [-0.2, 0) is 19.6 Å². The summed E-state index contributed by atoms with van der Waals surface area (Å²) in [4.78, 5) is 25.0. The van der Waals surface area contributed by atoms with Crippen LogP contribution in [0.1, 0.15) is 5.56 Å². The summed E-state index contributed by atoms with van der Waals surface area (Å²) < 4.78 is 38.4. The second kappa shape index (κ2) is 14.2. The number of nitrogens with one attached hydrogen (secondary N) is 2. The fourth-order valence-corrected chi connectivity index (χ4v) is 5.36. The second-order valence-corrected chi connectivity index (χ2v) is 11.0. The SMILES string of the molecule is COc1ccccc1NC(=O)COc1ccc(/C=N\NC(=O)CN(c2cccc(Cl)c2)S(=O)(=O)c2ccccc2)cc1. The monoisotopic (exact) mass is 606 g/mol. The molecule has 0 saturated heterocycles. The van der Waals surface area contributed by atoms with Crippen molar-refractivity contribution in [1.82, 2.24) is 5.43 Å². The molecule has 0 aliphatic carbocycles. The summed E-state index contributed by atoms with van der Waals surface area (Å²) in [7, 11) is -2.55. The van der Waals surface area contributed by atoms with E-state index in [4.69, 9.17) is 21.1 Å². The number of hydrogen-bond donors (Lipinski definition) is 2. The highest BCUT2D eigenvalue weighted by atomic mass is 35.5. The topological polar surface area (TPSA) is 126 Å². The number of ether oxygens (including phenoxy) is 2. The number of rotatable bonds is 12. The predicted molar refractivity (Wildman–Crippen MR) is 162 cm³/mol. The van der Waals surface area contributed by atoms with E-state index in [0.717, 1.165) is 4.31 Å². The second-order valence-electron chi connectivity index (χ2n) is 8.70. The van der Waals surface area contributed by atoms with Crippen molar-refractivity contribution in [3.8, 4) is 11.5 Å². The van der Waals surface area contributed by atoms with Crippen LogP contribution in [0.4, 0.5) is 11.4 Å². The Morgan fingerprint density at radius 3 is 2.33 bits per heavy atom. The van der Waals surface area contributed by atoms with E-state index in [1.807, 2.05) is 0 Å². The van der Waals surface area contributed by atoms with Crippen LogP contribution in [0.2, 0.25) is 5.02 Å². The smallest absolute Gasteiger partial charge is 0.264 e. The molecule has 2 N–H and O–H groups in total. The van der Waals surface area contributed by atoms with Crippen molar-refractivity contribution in [2.75, 3.05) is 29.9 Å². The number of sulfonamides is 1. The molecule has 0 aromatic heterocycles. The minimum atomic E-state index is -4.07. The summed E-state index contributed by atoms with van der Waals surface area (Å²) >= 11 is 6.08. The Kier molecular flexibility index (Phi) is 10.1. The number of hydrogen-bond acceptors (Lipinski definition) is 7. The Labute approximate surface area is 248 Å². The summed E-state index contributed by atoms with van der Waals surface area (Å²) in [5, 5.41) is 6.99. The molecule has 2 amide bonds. The van der Waals surface area contributed by atoms with Crippen molar-refractivity contribution in [3.63, 3.8) is 0 Å². The van der Waals surface area contributed by atoms with Gasteiger partial charge in [-0.05, 0) is 72.3 Å². The highest BCUT2D eigenvalue weighted by Gasteiger charge is 2.27. The van der Waals surface area contributed by atoms with Crippen molar-refractivity contribution in [3.05, 3.63) is 114 Å². The molecule has 4 rings (SSSR count). The predicted octanol–water partition coefficient (Wildman–Crippen LogP) is 4.71. The lowest BCUT2D eigenvalue weighted by Crippen LogP contribution is -2.39. The maximum atomic E-state index is 13.3.